The van der Waals surface area contributed by atoms with E-state index in [1.165, 1.54) is 32.4 Å². The molecule has 8 heteroatoms. The van der Waals surface area contributed by atoms with Crippen LogP contribution in [0.25, 0.3) is 6.08 Å². The summed E-state index contributed by atoms with van der Waals surface area (Å²) in [4.78, 5) is 38.6. The highest BCUT2D eigenvalue weighted by Crippen LogP contribution is 2.38. The minimum atomic E-state index is -0.817. The number of nitrogens with zero attached hydrogens (tertiary/aromatic N) is 1. The Balaban J connectivity index is 2.08. The van der Waals surface area contributed by atoms with Crippen molar-refractivity contribution in [1.82, 2.24) is 5.32 Å². The van der Waals surface area contributed by atoms with Crippen molar-refractivity contribution < 1.29 is 29.0 Å². The number of imide groups is 2. The Hall–Kier alpha value is -3.81. The van der Waals surface area contributed by atoms with Crippen molar-refractivity contribution in [2.75, 3.05) is 19.1 Å². The summed E-state index contributed by atoms with van der Waals surface area (Å²) in [6.45, 7) is 3.69. The molecular formula is C21H20N2O6. The zero-order valence-electron chi connectivity index (χ0n) is 16.4. The number of barbiturate groups is 1. The molecule has 0 saturated carbocycles. The van der Waals surface area contributed by atoms with Gasteiger partial charge in [-0.25, -0.2) is 9.69 Å². The molecule has 1 aliphatic rings. The lowest BCUT2D eigenvalue weighted by Crippen LogP contribution is -2.54. The van der Waals surface area contributed by atoms with E-state index < -0.39 is 17.8 Å². The number of carbonyl (C=O) groups excluding carboxylic acids is 3. The van der Waals surface area contributed by atoms with E-state index in [0.29, 0.717) is 11.3 Å². The number of urea groups is 1. The number of anilines is 1. The first-order chi connectivity index (χ1) is 13.7. The summed E-state index contributed by atoms with van der Waals surface area (Å²) in [7, 11) is 2.73. The van der Waals surface area contributed by atoms with Gasteiger partial charge in [0.05, 0.1) is 19.9 Å². The summed E-state index contributed by atoms with van der Waals surface area (Å²) in [5.74, 6) is -1.55. The first-order valence-corrected chi connectivity index (χ1v) is 8.70. The van der Waals surface area contributed by atoms with Gasteiger partial charge in [0, 0.05) is 0 Å². The number of hydrogen-bond donors (Lipinski definition) is 2. The molecule has 150 valence electrons. The van der Waals surface area contributed by atoms with Crippen molar-refractivity contribution in [3.8, 4) is 17.2 Å². The average molecular weight is 396 g/mol. The maximum atomic E-state index is 13.0. The summed E-state index contributed by atoms with van der Waals surface area (Å²) in [6.07, 6.45) is 1.31. The van der Waals surface area contributed by atoms with Crippen LogP contribution in [-0.4, -0.2) is 37.2 Å². The van der Waals surface area contributed by atoms with E-state index in [0.717, 1.165) is 16.0 Å². The molecule has 0 radical (unpaired) electrons. The van der Waals surface area contributed by atoms with Gasteiger partial charge in [-0.2, -0.15) is 0 Å². The SMILES string of the molecule is COc1cc(/C=C2/C(=O)NC(=O)N(c3cc(C)cc(C)c3)C2=O)cc(OC)c1O. The van der Waals surface area contributed by atoms with E-state index in [4.69, 9.17) is 9.47 Å². The molecular weight excluding hydrogens is 376 g/mol. The second-order valence-corrected chi connectivity index (χ2v) is 6.58. The van der Waals surface area contributed by atoms with Crippen molar-refractivity contribution in [3.63, 3.8) is 0 Å². The number of phenols is 1. The number of phenolic OH excluding ortho intramolecular Hbond substituents is 1. The van der Waals surface area contributed by atoms with Crippen molar-refractivity contribution in [3.05, 3.63) is 52.6 Å². The third-order valence-electron chi connectivity index (χ3n) is 4.38. The minimum absolute atomic E-state index is 0.113. The zero-order valence-corrected chi connectivity index (χ0v) is 16.4. The van der Waals surface area contributed by atoms with Gasteiger partial charge in [-0.3, -0.25) is 14.9 Å². The smallest absolute Gasteiger partial charge is 0.335 e. The molecule has 1 fully saturated rings. The molecule has 0 bridgehead atoms. The molecule has 29 heavy (non-hydrogen) atoms. The van der Waals surface area contributed by atoms with Crippen LogP contribution in [0, 0.1) is 13.8 Å². The van der Waals surface area contributed by atoms with E-state index >= 15 is 0 Å². The number of benzene rings is 2. The van der Waals surface area contributed by atoms with Crippen LogP contribution in [0.4, 0.5) is 10.5 Å². The number of aromatic hydroxyl groups is 1. The van der Waals surface area contributed by atoms with Crippen LogP contribution in [0.5, 0.6) is 17.2 Å². The predicted octanol–water partition coefficient (Wildman–Crippen LogP) is 2.69. The van der Waals surface area contributed by atoms with E-state index in [1.54, 1.807) is 12.1 Å². The number of carbonyl (C=O) groups is 3. The molecule has 1 heterocycles. The molecule has 0 atom stereocenters. The van der Waals surface area contributed by atoms with Gasteiger partial charge in [0.1, 0.15) is 5.57 Å². The van der Waals surface area contributed by atoms with E-state index in [9.17, 15) is 19.5 Å². The van der Waals surface area contributed by atoms with Gasteiger partial charge < -0.3 is 14.6 Å². The van der Waals surface area contributed by atoms with Gasteiger partial charge in [0.25, 0.3) is 11.8 Å². The molecule has 0 aliphatic carbocycles. The Morgan fingerprint density at radius 1 is 0.931 bits per heavy atom. The second-order valence-electron chi connectivity index (χ2n) is 6.58. The Morgan fingerprint density at radius 3 is 2.00 bits per heavy atom. The zero-order chi connectivity index (χ0) is 21.3. The van der Waals surface area contributed by atoms with Crippen LogP contribution in [0.15, 0.2) is 35.9 Å². The highest BCUT2D eigenvalue weighted by molar-refractivity contribution is 6.39. The first kappa shape index (κ1) is 19.9. The van der Waals surface area contributed by atoms with E-state index in [-0.39, 0.29) is 22.8 Å². The van der Waals surface area contributed by atoms with Crippen molar-refractivity contribution in [2.24, 2.45) is 0 Å². The first-order valence-electron chi connectivity index (χ1n) is 8.70. The molecule has 2 aromatic rings. The Bertz CT molecular complexity index is 1010. The lowest BCUT2D eigenvalue weighted by Gasteiger charge is -2.27. The second kappa shape index (κ2) is 7.67. The van der Waals surface area contributed by atoms with Gasteiger partial charge in [-0.05, 0) is 60.9 Å². The highest BCUT2D eigenvalue weighted by atomic mass is 16.5. The molecule has 3 rings (SSSR count). The maximum Gasteiger partial charge on any atom is 0.335 e. The molecule has 0 aromatic heterocycles. The van der Waals surface area contributed by atoms with Crippen molar-refractivity contribution >= 4 is 29.6 Å². The quantitative estimate of drug-likeness (QED) is 0.608. The fourth-order valence-electron chi connectivity index (χ4n) is 3.14. The number of ether oxygens (including phenoxy) is 2. The molecule has 1 aliphatic heterocycles. The Kier molecular flexibility index (Phi) is 5.27. The molecule has 0 spiro atoms. The molecule has 4 amide bonds. The van der Waals surface area contributed by atoms with Crippen LogP contribution >= 0.6 is 0 Å². The van der Waals surface area contributed by atoms with E-state index in [1.807, 2.05) is 19.9 Å². The summed E-state index contributed by atoms with van der Waals surface area (Å²) >= 11 is 0. The monoisotopic (exact) mass is 396 g/mol. The number of amides is 4. The van der Waals surface area contributed by atoms with Crippen LogP contribution in [0.3, 0.4) is 0 Å². The highest BCUT2D eigenvalue weighted by Gasteiger charge is 2.37. The fourth-order valence-corrected chi connectivity index (χ4v) is 3.14. The Labute approximate surface area is 167 Å². The Morgan fingerprint density at radius 2 is 1.48 bits per heavy atom. The predicted molar refractivity (Wildman–Crippen MR) is 106 cm³/mol. The normalized spacial score (nSPS) is 15.5. The van der Waals surface area contributed by atoms with Gasteiger partial charge in [0.2, 0.25) is 5.75 Å². The van der Waals surface area contributed by atoms with E-state index in [2.05, 4.69) is 5.32 Å². The van der Waals surface area contributed by atoms with Gasteiger partial charge in [-0.15, -0.1) is 0 Å². The number of hydrogen-bond acceptors (Lipinski definition) is 6. The molecule has 2 N–H and O–H groups in total. The van der Waals surface area contributed by atoms with Crippen molar-refractivity contribution in [1.29, 1.82) is 0 Å². The minimum Gasteiger partial charge on any atom is -0.502 e. The van der Waals surface area contributed by atoms with Gasteiger partial charge in [-0.1, -0.05) is 6.07 Å². The number of nitrogens with one attached hydrogen (secondary N) is 1. The molecule has 2 aromatic carbocycles. The summed E-state index contributed by atoms with van der Waals surface area (Å²) in [5.41, 5.74) is 2.25. The number of aryl methyl sites for hydroxylation is 2. The third kappa shape index (κ3) is 3.77. The van der Waals surface area contributed by atoms with Gasteiger partial charge >= 0.3 is 6.03 Å². The third-order valence-corrected chi connectivity index (χ3v) is 4.38. The van der Waals surface area contributed by atoms with Gasteiger partial charge in [0.15, 0.2) is 11.5 Å². The van der Waals surface area contributed by atoms with Crippen LogP contribution in [-0.2, 0) is 9.59 Å². The van der Waals surface area contributed by atoms with Crippen LogP contribution in [0.2, 0.25) is 0 Å². The topological polar surface area (TPSA) is 105 Å². The maximum absolute atomic E-state index is 13.0. The molecule has 8 nitrogen and oxygen atoms in total. The molecule has 0 unspecified atom stereocenters. The fraction of sp³-hybridized carbons (Fsp3) is 0.190. The largest absolute Gasteiger partial charge is 0.502 e. The summed E-state index contributed by atoms with van der Waals surface area (Å²) < 4.78 is 10.2. The van der Waals surface area contributed by atoms with Crippen LogP contribution < -0.4 is 19.7 Å². The summed E-state index contributed by atoms with van der Waals surface area (Å²) in [5, 5.41) is 12.2. The lowest BCUT2D eigenvalue weighted by atomic mass is 10.0. The number of rotatable bonds is 4. The number of methoxy groups -OCH3 is 2. The molecule has 1 saturated heterocycles. The average Bonchev–Trinajstić information content (AvgIpc) is 2.65. The van der Waals surface area contributed by atoms with Crippen LogP contribution in [0.1, 0.15) is 16.7 Å². The van der Waals surface area contributed by atoms with Crippen molar-refractivity contribution in [2.45, 2.75) is 13.8 Å². The summed E-state index contributed by atoms with van der Waals surface area (Å²) in [6, 6.07) is 7.36. The standard InChI is InChI=1S/C21H20N2O6/c1-11-5-12(2)7-14(6-11)23-20(26)15(19(25)22-21(23)27)8-13-9-16(28-3)18(24)17(10-13)29-4/h5-10,24H,1-4H3,(H,22,25,27)/b15-8-. The lowest BCUT2D eigenvalue weighted by molar-refractivity contribution is -0.122.